The van der Waals surface area contributed by atoms with Gasteiger partial charge in [0.05, 0.1) is 0 Å². The minimum absolute atomic E-state index is 0.889. The van der Waals surface area contributed by atoms with Crippen LogP contribution < -0.4 is 4.90 Å². The molecule has 9 rings (SSSR count). The minimum atomic E-state index is 0.889. The molecule has 0 saturated heterocycles. The largest absolute Gasteiger partial charge is 0.456 e. The predicted molar refractivity (Wildman–Crippen MR) is 202 cm³/mol. The van der Waals surface area contributed by atoms with Crippen molar-refractivity contribution in [2.24, 2.45) is 0 Å². The quantitative estimate of drug-likeness (QED) is 0.185. The lowest BCUT2D eigenvalue weighted by Gasteiger charge is -2.26. The maximum absolute atomic E-state index is 6.54. The summed E-state index contributed by atoms with van der Waals surface area (Å²) >= 11 is 0. The van der Waals surface area contributed by atoms with E-state index in [-0.39, 0.29) is 0 Å². The third-order valence-electron chi connectivity index (χ3n) is 9.25. The van der Waals surface area contributed by atoms with Crippen molar-refractivity contribution in [3.63, 3.8) is 0 Å². The summed E-state index contributed by atoms with van der Waals surface area (Å²) in [5.41, 5.74) is 12.2. The van der Waals surface area contributed by atoms with Gasteiger partial charge in [0.1, 0.15) is 11.2 Å². The minimum Gasteiger partial charge on any atom is -0.456 e. The van der Waals surface area contributed by atoms with Crippen LogP contribution in [0.15, 0.2) is 192 Å². The van der Waals surface area contributed by atoms with E-state index >= 15 is 0 Å². The fourth-order valence-electron chi connectivity index (χ4n) is 6.96. The van der Waals surface area contributed by atoms with Crippen LogP contribution in [0.1, 0.15) is 0 Å². The Balaban J connectivity index is 1.26. The summed E-state index contributed by atoms with van der Waals surface area (Å²) in [5.74, 6) is 0. The van der Waals surface area contributed by atoms with Crippen molar-refractivity contribution in [1.82, 2.24) is 0 Å². The first kappa shape index (κ1) is 27.9. The fourth-order valence-corrected chi connectivity index (χ4v) is 6.96. The van der Waals surface area contributed by atoms with E-state index in [2.05, 4.69) is 187 Å². The van der Waals surface area contributed by atoms with Gasteiger partial charge in [0, 0.05) is 27.8 Å². The summed E-state index contributed by atoms with van der Waals surface area (Å²) in [6.07, 6.45) is 0. The van der Waals surface area contributed by atoms with Crippen LogP contribution in [0.25, 0.3) is 66.1 Å². The number of hydrogen-bond donors (Lipinski definition) is 0. The number of benzene rings is 8. The van der Waals surface area contributed by atoms with E-state index in [9.17, 15) is 0 Å². The molecule has 2 heteroatoms. The lowest BCUT2D eigenvalue weighted by Crippen LogP contribution is -2.10. The second-order valence-electron chi connectivity index (χ2n) is 12.2. The lowest BCUT2D eigenvalue weighted by atomic mass is 9.93. The lowest BCUT2D eigenvalue weighted by molar-refractivity contribution is 0.669. The van der Waals surface area contributed by atoms with E-state index < -0.39 is 0 Å². The van der Waals surface area contributed by atoms with Gasteiger partial charge >= 0.3 is 0 Å². The van der Waals surface area contributed by atoms with E-state index in [4.69, 9.17) is 4.42 Å². The Bertz CT molecular complexity index is 2530. The SMILES string of the molecule is c1ccc(-c2ccc(-c3cc4oc5ccccc5c4c4cc(N(c5ccccc5)c5cccc(-c6ccccc6)c5)ccc34)cc2)cc1. The monoisotopic (exact) mass is 613 g/mol. The molecule has 9 aromatic rings. The van der Waals surface area contributed by atoms with Crippen molar-refractivity contribution >= 4 is 49.8 Å². The maximum atomic E-state index is 6.54. The van der Waals surface area contributed by atoms with Gasteiger partial charge in [0.15, 0.2) is 0 Å². The highest BCUT2D eigenvalue weighted by molar-refractivity contribution is 6.22. The first-order chi connectivity index (χ1) is 23.8. The van der Waals surface area contributed by atoms with Gasteiger partial charge < -0.3 is 9.32 Å². The molecule has 1 heterocycles. The molecule has 0 saturated carbocycles. The number of hydrogen-bond acceptors (Lipinski definition) is 2. The van der Waals surface area contributed by atoms with E-state index in [1.165, 1.54) is 27.6 Å². The van der Waals surface area contributed by atoms with Crippen LogP contribution in [0.2, 0.25) is 0 Å². The third-order valence-corrected chi connectivity index (χ3v) is 9.25. The molecule has 0 aliphatic carbocycles. The molecule has 8 aromatic carbocycles. The van der Waals surface area contributed by atoms with E-state index in [0.717, 1.165) is 55.5 Å². The Hall–Kier alpha value is -6.38. The Morgan fingerprint density at radius 2 is 0.875 bits per heavy atom. The molecule has 226 valence electrons. The van der Waals surface area contributed by atoms with Gasteiger partial charge in [-0.3, -0.25) is 0 Å². The number of para-hydroxylation sites is 2. The predicted octanol–water partition coefficient (Wildman–Crippen LogP) is 13.2. The molecule has 2 nitrogen and oxygen atoms in total. The summed E-state index contributed by atoms with van der Waals surface area (Å²) in [4.78, 5) is 2.35. The van der Waals surface area contributed by atoms with Crippen LogP contribution in [0, 0.1) is 0 Å². The molecule has 0 N–H and O–H groups in total. The van der Waals surface area contributed by atoms with Crippen molar-refractivity contribution in [2.75, 3.05) is 4.90 Å². The highest BCUT2D eigenvalue weighted by Crippen LogP contribution is 2.44. The van der Waals surface area contributed by atoms with Crippen LogP contribution in [0.5, 0.6) is 0 Å². The first-order valence-electron chi connectivity index (χ1n) is 16.3. The van der Waals surface area contributed by atoms with Crippen LogP contribution in [0.4, 0.5) is 17.1 Å². The standard InChI is InChI=1S/C46H31NO/c1-4-13-32(14-5-1)34-23-25-35(26-24-34)42-31-45-46(41-21-10-11-22-44(41)48-45)43-30-39(27-28-40(42)43)47(37-18-8-3-9-19-37)38-20-12-17-36(29-38)33-15-6-2-7-16-33/h1-31H. The van der Waals surface area contributed by atoms with Crippen LogP contribution in [0.3, 0.4) is 0 Å². The van der Waals surface area contributed by atoms with Gasteiger partial charge in [-0.05, 0) is 92.7 Å². The van der Waals surface area contributed by atoms with Gasteiger partial charge in [-0.2, -0.15) is 0 Å². The molecule has 0 aliphatic heterocycles. The van der Waals surface area contributed by atoms with Crippen LogP contribution in [-0.2, 0) is 0 Å². The number of rotatable bonds is 6. The zero-order chi connectivity index (χ0) is 31.9. The number of furan rings is 1. The average Bonchev–Trinajstić information content (AvgIpc) is 3.55. The van der Waals surface area contributed by atoms with E-state index in [1.807, 2.05) is 6.07 Å². The number of anilines is 3. The summed E-state index contributed by atoms with van der Waals surface area (Å²) in [5, 5.41) is 4.62. The zero-order valence-electron chi connectivity index (χ0n) is 26.3. The Labute approximate surface area is 279 Å². The zero-order valence-corrected chi connectivity index (χ0v) is 26.3. The summed E-state index contributed by atoms with van der Waals surface area (Å²) in [6, 6.07) is 66.8. The molecule has 48 heavy (non-hydrogen) atoms. The van der Waals surface area contributed by atoms with Gasteiger partial charge in [0.2, 0.25) is 0 Å². The van der Waals surface area contributed by atoms with Crippen molar-refractivity contribution in [3.8, 4) is 33.4 Å². The molecule has 0 radical (unpaired) electrons. The van der Waals surface area contributed by atoms with Crippen LogP contribution in [-0.4, -0.2) is 0 Å². The summed E-state index contributed by atoms with van der Waals surface area (Å²) in [7, 11) is 0. The second kappa shape index (κ2) is 11.8. The van der Waals surface area contributed by atoms with Gasteiger partial charge in [-0.25, -0.2) is 0 Å². The average molecular weight is 614 g/mol. The molecule has 0 atom stereocenters. The van der Waals surface area contributed by atoms with E-state index in [0.29, 0.717) is 0 Å². The smallest absolute Gasteiger partial charge is 0.136 e. The Morgan fingerprint density at radius 1 is 0.312 bits per heavy atom. The van der Waals surface area contributed by atoms with Gasteiger partial charge in [-0.15, -0.1) is 0 Å². The molecular weight excluding hydrogens is 583 g/mol. The van der Waals surface area contributed by atoms with Crippen molar-refractivity contribution in [2.45, 2.75) is 0 Å². The van der Waals surface area contributed by atoms with Gasteiger partial charge in [0.25, 0.3) is 0 Å². The van der Waals surface area contributed by atoms with Crippen molar-refractivity contribution in [1.29, 1.82) is 0 Å². The second-order valence-corrected chi connectivity index (χ2v) is 12.2. The van der Waals surface area contributed by atoms with Crippen molar-refractivity contribution in [3.05, 3.63) is 188 Å². The molecular formula is C46H31NO. The number of fused-ring (bicyclic) bond motifs is 5. The Kier molecular flexibility index (Phi) is 6.84. The molecule has 0 fully saturated rings. The fraction of sp³-hybridized carbons (Fsp3) is 0. The molecule has 0 amide bonds. The third kappa shape index (κ3) is 4.92. The first-order valence-corrected chi connectivity index (χ1v) is 16.3. The van der Waals surface area contributed by atoms with Crippen LogP contribution >= 0.6 is 0 Å². The highest BCUT2D eigenvalue weighted by Gasteiger charge is 2.19. The Morgan fingerprint density at radius 3 is 1.62 bits per heavy atom. The molecule has 0 aliphatic rings. The normalized spacial score (nSPS) is 11.3. The summed E-state index contributed by atoms with van der Waals surface area (Å²) in [6.45, 7) is 0. The van der Waals surface area contributed by atoms with E-state index in [1.54, 1.807) is 0 Å². The molecule has 0 bridgehead atoms. The number of nitrogens with zero attached hydrogens (tertiary/aromatic N) is 1. The molecule has 1 aromatic heterocycles. The maximum Gasteiger partial charge on any atom is 0.136 e. The molecule has 0 unspecified atom stereocenters. The highest BCUT2D eigenvalue weighted by atomic mass is 16.3. The molecule has 0 spiro atoms. The topological polar surface area (TPSA) is 16.4 Å². The van der Waals surface area contributed by atoms with Gasteiger partial charge in [-0.1, -0.05) is 140 Å². The van der Waals surface area contributed by atoms with Crippen molar-refractivity contribution < 1.29 is 4.42 Å². The summed E-state index contributed by atoms with van der Waals surface area (Å²) < 4.78 is 6.54.